The standard InChI is InChI=1S/C28H45NO2/c1-6-8-9-10-12-21(7-2)26(30)31-25-24(20-28(25)15-17-29-18-16-28)22-13-11-14-23(19-22)27(3,4)5/h11,13-14,19,21,24-25,29H,6-10,12,15-18,20H2,1-5H3. The second-order valence-corrected chi connectivity index (χ2v) is 11.1. The molecule has 0 radical (unpaired) electrons. The molecule has 1 heterocycles. The smallest absolute Gasteiger partial charge is 0.309 e. The van der Waals surface area contributed by atoms with Gasteiger partial charge in [0.05, 0.1) is 5.92 Å². The Morgan fingerprint density at radius 3 is 2.55 bits per heavy atom. The van der Waals surface area contributed by atoms with E-state index in [2.05, 4.69) is 64.2 Å². The van der Waals surface area contributed by atoms with Crippen molar-refractivity contribution in [3.63, 3.8) is 0 Å². The maximum atomic E-state index is 13.2. The fraction of sp³-hybridized carbons (Fsp3) is 0.750. The van der Waals surface area contributed by atoms with Gasteiger partial charge in [-0.15, -0.1) is 0 Å². The van der Waals surface area contributed by atoms with Crippen molar-refractivity contribution in [2.45, 2.75) is 110 Å². The topological polar surface area (TPSA) is 38.3 Å². The Hall–Kier alpha value is -1.35. The zero-order valence-electron chi connectivity index (χ0n) is 20.6. The van der Waals surface area contributed by atoms with Crippen molar-refractivity contribution in [1.29, 1.82) is 0 Å². The van der Waals surface area contributed by atoms with Crippen molar-refractivity contribution < 1.29 is 9.53 Å². The van der Waals surface area contributed by atoms with Gasteiger partial charge in [0.15, 0.2) is 0 Å². The predicted molar refractivity (Wildman–Crippen MR) is 129 cm³/mol. The number of hydrogen-bond acceptors (Lipinski definition) is 3. The molecule has 174 valence electrons. The Morgan fingerprint density at radius 2 is 1.90 bits per heavy atom. The summed E-state index contributed by atoms with van der Waals surface area (Å²) in [5, 5.41) is 3.50. The fourth-order valence-corrected chi connectivity index (χ4v) is 5.60. The number of esters is 1. The molecule has 1 aliphatic carbocycles. The van der Waals surface area contributed by atoms with Crippen molar-refractivity contribution >= 4 is 5.97 Å². The van der Waals surface area contributed by atoms with E-state index in [-0.39, 0.29) is 28.8 Å². The highest BCUT2D eigenvalue weighted by molar-refractivity contribution is 5.73. The molecule has 3 unspecified atom stereocenters. The summed E-state index contributed by atoms with van der Waals surface area (Å²) in [7, 11) is 0. The van der Waals surface area contributed by atoms with E-state index >= 15 is 0 Å². The third kappa shape index (κ3) is 5.72. The number of rotatable bonds is 9. The number of carbonyl (C=O) groups excluding carboxylic acids is 1. The molecular formula is C28H45NO2. The first-order valence-corrected chi connectivity index (χ1v) is 12.8. The monoisotopic (exact) mass is 427 g/mol. The quantitative estimate of drug-likeness (QED) is 0.350. The minimum atomic E-state index is 0.0296. The van der Waals surface area contributed by atoms with E-state index in [1.807, 2.05) is 0 Å². The predicted octanol–water partition coefficient (Wildman–Crippen LogP) is 6.75. The number of hydrogen-bond donors (Lipinski definition) is 1. The molecule has 1 aromatic rings. The van der Waals surface area contributed by atoms with Crippen LogP contribution in [0.2, 0.25) is 0 Å². The second kappa shape index (κ2) is 10.5. The van der Waals surface area contributed by atoms with Crippen LogP contribution < -0.4 is 5.32 Å². The van der Waals surface area contributed by atoms with Crippen molar-refractivity contribution in [3.8, 4) is 0 Å². The van der Waals surface area contributed by atoms with Gasteiger partial charge in [-0.2, -0.15) is 0 Å². The molecule has 2 aliphatic rings. The number of piperidine rings is 1. The van der Waals surface area contributed by atoms with E-state index in [9.17, 15) is 4.79 Å². The van der Waals surface area contributed by atoms with Crippen LogP contribution in [0.4, 0.5) is 0 Å². The minimum Gasteiger partial charge on any atom is -0.461 e. The lowest BCUT2D eigenvalue weighted by atomic mass is 9.53. The van der Waals surface area contributed by atoms with E-state index in [1.54, 1.807) is 0 Å². The maximum absolute atomic E-state index is 13.2. The van der Waals surface area contributed by atoms with E-state index in [4.69, 9.17) is 4.74 Å². The molecule has 0 bridgehead atoms. The van der Waals surface area contributed by atoms with Crippen LogP contribution >= 0.6 is 0 Å². The van der Waals surface area contributed by atoms with Gasteiger partial charge in [-0.1, -0.05) is 84.6 Å². The summed E-state index contributed by atoms with van der Waals surface area (Å²) in [6, 6.07) is 9.02. The first kappa shape index (κ1) is 24.3. The molecule has 31 heavy (non-hydrogen) atoms. The molecule has 0 amide bonds. The highest BCUT2D eigenvalue weighted by Gasteiger charge is 2.56. The van der Waals surface area contributed by atoms with Gasteiger partial charge in [0.25, 0.3) is 0 Å². The average molecular weight is 428 g/mol. The molecule has 3 heteroatoms. The zero-order chi connectivity index (χ0) is 22.5. The van der Waals surface area contributed by atoms with Crippen LogP contribution in [-0.4, -0.2) is 25.2 Å². The second-order valence-electron chi connectivity index (χ2n) is 11.1. The zero-order valence-corrected chi connectivity index (χ0v) is 20.6. The molecule has 1 aromatic carbocycles. The SMILES string of the molecule is CCCCCCC(CC)C(=O)OC1C(c2cccc(C(C)(C)C)c2)CC12CCNCC2. The van der Waals surface area contributed by atoms with Crippen LogP contribution in [0.5, 0.6) is 0 Å². The molecule has 0 aromatic heterocycles. The third-order valence-electron chi connectivity index (χ3n) is 7.85. The Balaban J connectivity index is 1.75. The number of ether oxygens (including phenoxy) is 1. The Labute approximate surface area is 190 Å². The molecule has 3 nitrogen and oxygen atoms in total. The Morgan fingerprint density at radius 1 is 1.16 bits per heavy atom. The number of nitrogens with one attached hydrogen (secondary N) is 1. The summed E-state index contributed by atoms with van der Waals surface area (Å²) in [6.07, 6.45) is 10.1. The molecule has 3 atom stereocenters. The van der Waals surface area contributed by atoms with Gasteiger partial charge >= 0.3 is 5.97 Å². The fourth-order valence-electron chi connectivity index (χ4n) is 5.60. The largest absolute Gasteiger partial charge is 0.461 e. The molecule has 1 saturated heterocycles. The lowest BCUT2D eigenvalue weighted by Crippen LogP contribution is -2.57. The van der Waals surface area contributed by atoms with Gasteiger partial charge in [0.2, 0.25) is 0 Å². The van der Waals surface area contributed by atoms with Crippen LogP contribution in [0.15, 0.2) is 24.3 Å². The van der Waals surface area contributed by atoms with E-state index < -0.39 is 0 Å². The van der Waals surface area contributed by atoms with Gasteiger partial charge in [-0.25, -0.2) is 0 Å². The molecule has 1 aliphatic heterocycles. The van der Waals surface area contributed by atoms with Gasteiger partial charge < -0.3 is 10.1 Å². The Bertz CT molecular complexity index is 714. The van der Waals surface area contributed by atoms with Crippen LogP contribution in [0.3, 0.4) is 0 Å². The summed E-state index contributed by atoms with van der Waals surface area (Å²) in [4.78, 5) is 13.2. The number of unbranched alkanes of at least 4 members (excludes halogenated alkanes) is 3. The van der Waals surface area contributed by atoms with Crippen molar-refractivity contribution in [1.82, 2.24) is 5.32 Å². The minimum absolute atomic E-state index is 0.0296. The molecular weight excluding hydrogens is 382 g/mol. The first-order valence-electron chi connectivity index (χ1n) is 12.8. The van der Waals surface area contributed by atoms with E-state index in [0.717, 1.165) is 51.6 Å². The summed E-state index contributed by atoms with van der Waals surface area (Å²) in [6.45, 7) is 13.2. The van der Waals surface area contributed by atoms with Crippen LogP contribution in [0, 0.1) is 11.3 Å². The van der Waals surface area contributed by atoms with Gasteiger partial charge in [-0.05, 0) is 61.7 Å². The van der Waals surface area contributed by atoms with E-state index in [0.29, 0.717) is 5.92 Å². The van der Waals surface area contributed by atoms with Crippen LogP contribution in [0.1, 0.15) is 109 Å². The molecule has 1 spiro atoms. The van der Waals surface area contributed by atoms with Crippen molar-refractivity contribution in [3.05, 3.63) is 35.4 Å². The van der Waals surface area contributed by atoms with Gasteiger partial charge in [-0.3, -0.25) is 4.79 Å². The Kier molecular flexibility index (Phi) is 8.24. The van der Waals surface area contributed by atoms with E-state index in [1.165, 1.54) is 30.4 Å². The van der Waals surface area contributed by atoms with Gasteiger partial charge in [0.1, 0.15) is 6.10 Å². The highest BCUT2D eigenvalue weighted by atomic mass is 16.5. The average Bonchev–Trinajstić information content (AvgIpc) is 2.76. The lowest BCUT2D eigenvalue weighted by molar-refractivity contribution is -0.183. The number of benzene rings is 1. The molecule has 1 saturated carbocycles. The summed E-state index contributed by atoms with van der Waals surface area (Å²) >= 11 is 0. The third-order valence-corrected chi connectivity index (χ3v) is 7.85. The van der Waals surface area contributed by atoms with Crippen LogP contribution in [0.25, 0.3) is 0 Å². The summed E-state index contributed by atoms with van der Waals surface area (Å²) in [5.74, 6) is 0.443. The summed E-state index contributed by atoms with van der Waals surface area (Å²) in [5.41, 5.74) is 3.02. The molecule has 1 N–H and O–H groups in total. The molecule has 3 rings (SSSR count). The lowest BCUT2D eigenvalue weighted by Gasteiger charge is -2.56. The maximum Gasteiger partial charge on any atom is 0.309 e. The van der Waals surface area contributed by atoms with Gasteiger partial charge in [0, 0.05) is 11.3 Å². The summed E-state index contributed by atoms with van der Waals surface area (Å²) < 4.78 is 6.42. The van der Waals surface area contributed by atoms with Crippen molar-refractivity contribution in [2.75, 3.05) is 13.1 Å². The first-order chi connectivity index (χ1) is 14.8. The normalized spacial score (nSPS) is 23.9. The van der Waals surface area contributed by atoms with Crippen molar-refractivity contribution in [2.24, 2.45) is 11.3 Å². The van der Waals surface area contributed by atoms with Crippen LogP contribution in [-0.2, 0) is 14.9 Å². The number of carbonyl (C=O) groups is 1. The molecule has 2 fully saturated rings. The highest BCUT2D eigenvalue weighted by Crippen LogP contribution is 2.58.